The number of hydrogen-bond acceptors (Lipinski definition) is 3. The molecule has 144 valence electrons. The standard InChI is InChI=1S/C20H22F2N2O3/c1-12(2)23-19(26)15-6-9-17(13(3)10-15)24-18(25)11-14-4-7-16(8-5-14)27-20(21)22/h4-10,12,20H,11H2,1-3H3,(H,23,26)(H,24,25). The SMILES string of the molecule is Cc1cc(C(=O)NC(C)C)ccc1NC(=O)Cc1ccc(OC(F)F)cc1. The predicted molar refractivity (Wildman–Crippen MR) is 99.2 cm³/mol. The minimum absolute atomic E-state index is 0.0367. The van der Waals surface area contributed by atoms with Crippen LogP contribution < -0.4 is 15.4 Å². The largest absolute Gasteiger partial charge is 0.435 e. The summed E-state index contributed by atoms with van der Waals surface area (Å²) in [6.07, 6.45) is 0.0873. The summed E-state index contributed by atoms with van der Waals surface area (Å²) in [6.45, 7) is 2.68. The zero-order valence-electron chi connectivity index (χ0n) is 15.4. The molecule has 2 aromatic carbocycles. The van der Waals surface area contributed by atoms with Crippen LogP contribution in [0.5, 0.6) is 5.75 Å². The lowest BCUT2D eigenvalue weighted by atomic mass is 10.1. The Morgan fingerprint density at radius 1 is 1.07 bits per heavy atom. The second kappa shape index (κ2) is 9.12. The van der Waals surface area contributed by atoms with E-state index in [1.807, 2.05) is 13.8 Å². The lowest BCUT2D eigenvalue weighted by Crippen LogP contribution is -2.30. The molecular formula is C20H22F2N2O3. The number of hydrogen-bond donors (Lipinski definition) is 2. The van der Waals surface area contributed by atoms with Crippen LogP contribution in [0.4, 0.5) is 14.5 Å². The van der Waals surface area contributed by atoms with Gasteiger partial charge in [-0.05, 0) is 62.2 Å². The average Bonchev–Trinajstić information content (AvgIpc) is 2.57. The van der Waals surface area contributed by atoms with Gasteiger partial charge in [0.2, 0.25) is 5.91 Å². The van der Waals surface area contributed by atoms with Crippen molar-refractivity contribution in [3.05, 3.63) is 59.2 Å². The van der Waals surface area contributed by atoms with Gasteiger partial charge in [0.05, 0.1) is 6.42 Å². The minimum atomic E-state index is -2.88. The molecule has 0 fully saturated rings. The van der Waals surface area contributed by atoms with Crippen LogP contribution in [0.15, 0.2) is 42.5 Å². The van der Waals surface area contributed by atoms with E-state index in [1.54, 1.807) is 37.3 Å². The van der Waals surface area contributed by atoms with Gasteiger partial charge in [-0.15, -0.1) is 0 Å². The zero-order chi connectivity index (χ0) is 20.0. The molecule has 0 heterocycles. The van der Waals surface area contributed by atoms with E-state index in [0.29, 0.717) is 16.8 Å². The Bertz CT molecular complexity index is 805. The van der Waals surface area contributed by atoms with Crippen LogP contribution in [0.3, 0.4) is 0 Å². The van der Waals surface area contributed by atoms with Crippen molar-refractivity contribution in [3.8, 4) is 5.75 Å². The molecule has 0 spiro atoms. The van der Waals surface area contributed by atoms with Gasteiger partial charge in [-0.25, -0.2) is 0 Å². The molecular weight excluding hydrogens is 354 g/mol. The Hall–Kier alpha value is -2.96. The van der Waals surface area contributed by atoms with Crippen molar-refractivity contribution in [2.75, 3.05) is 5.32 Å². The first kappa shape index (κ1) is 20.4. The van der Waals surface area contributed by atoms with Crippen LogP contribution in [0.2, 0.25) is 0 Å². The molecule has 0 unspecified atom stereocenters. The molecule has 0 aliphatic heterocycles. The summed E-state index contributed by atoms with van der Waals surface area (Å²) < 4.78 is 28.6. The highest BCUT2D eigenvalue weighted by molar-refractivity contribution is 5.97. The molecule has 7 heteroatoms. The normalized spacial score (nSPS) is 10.8. The van der Waals surface area contributed by atoms with Crippen LogP contribution in [-0.2, 0) is 11.2 Å². The van der Waals surface area contributed by atoms with Crippen molar-refractivity contribution < 1.29 is 23.1 Å². The summed E-state index contributed by atoms with van der Waals surface area (Å²) in [5.74, 6) is -0.377. The van der Waals surface area contributed by atoms with Crippen molar-refractivity contribution in [2.45, 2.75) is 39.8 Å². The van der Waals surface area contributed by atoms with E-state index >= 15 is 0 Å². The van der Waals surface area contributed by atoms with Gasteiger partial charge in [0.1, 0.15) is 5.75 Å². The second-order valence-corrected chi connectivity index (χ2v) is 6.41. The van der Waals surface area contributed by atoms with Gasteiger partial charge >= 0.3 is 6.61 Å². The first-order valence-corrected chi connectivity index (χ1v) is 8.49. The third kappa shape index (κ3) is 6.36. The predicted octanol–water partition coefficient (Wildman–Crippen LogP) is 3.92. The highest BCUT2D eigenvalue weighted by Crippen LogP contribution is 2.18. The number of aryl methyl sites for hydroxylation is 1. The van der Waals surface area contributed by atoms with E-state index < -0.39 is 6.61 Å². The first-order valence-electron chi connectivity index (χ1n) is 8.49. The van der Waals surface area contributed by atoms with Crippen molar-refractivity contribution in [2.24, 2.45) is 0 Å². The number of nitrogens with one attached hydrogen (secondary N) is 2. The Labute approximate surface area is 156 Å². The van der Waals surface area contributed by atoms with Crippen molar-refractivity contribution in [1.82, 2.24) is 5.32 Å². The molecule has 5 nitrogen and oxygen atoms in total. The van der Waals surface area contributed by atoms with Gasteiger partial charge in [0.15, 0.2) is 0 Å². The molecule has 2 rings (SSSR count). The fourth-order valence-corrected chi connectivity index (χ4v) is 2.46. The van der Waals surface area contributed by atoms with E-state index in [1.165, 1.54) is 12.1 Å². The number of ether oxygens (including phenoxy) is 1. The fourth-order valence-electron chi connectivity index (χ4n) is 2.46. The van der Waals surface area contributed by atoms with Gasteiger partial charge in [-0.3, -0.25) is 9.59 Å². The number of carbonyl (C=O) groups is 2. The molecule has 0 bridgehead atoms. The van der Waals surface area contributed by atoms with E-state index in [0.717, 1.165) is 5.56 Å². The van der Waals surface area contributed by atoms with Gasteiger partial charge in [0.25, 0.3) is 5.91 Å². The van der Waals surface area contributed by atoms with E-state index in [9.17, 15) is 18.4 Å². The van der Waals surface area contributed by atoms with Crippen LogP contribution in [0.1, 0.15) is 35.3 Å². The lowest BCUT2D eigenvalue weighted by molar-refractivity contribution is -0.115. The molecule has 2 aromatic rings. The van der Waals surface area contributed by atoms with Crippen LogP contribution >= 0.6 is 0 Å². The first-order chi connectivity index (χ1) is 12.7. The molecule has 0 radical (unpaired) electrons. The van der Waals surface area contributed by atoms with E-state index in [2.05, 4.69) is 15.4 Å². The summed E-state index contributed by atoms with van der Waals surface area (Å²) in [5.41, 5.74) is 2.56. The smallest absolute Gasteiger partial charge is 0.387 e. The third-order valence-corrected chi connectivity index (χ3v) is 3.70. The Morgan fingerprint density at radius 3 is 2.30 bits per heavy atom. The van der Waals surface area contributed by atoms with Crippen molar-refractivity contribution in [1.29, 1.82) is 0 Å². The minimum Gasteiger partial charge on any atom is -0.435 e. The molecule has 27 heavy (non-hydrogen) atoms. The maximum Gasteiger partial charge on any atom is 0.387 e. The second-order valence-electron chi connectivity index (χ2n) is 6.41. The van der Waals surface area contributed by atoms with Gasteiger partial charge in [0, 0.05) is 17.3 Å². The Balaban J connectivity index is 1.98. The summed E-state index contributed by atoms with van der Waals surface area (Å²) in [4.78, 5) is 24.2. The number of amides is 2. The molecule has 2 amide bonds. The molecule has 2 N–H and O–H groups in total. The third-order valence-electron chi connectivity index (χ3n) is 3.70. The average molecular weight is 376 g/mol. The summed E-state index contributed by atoms with van der Waals surface area (Å²) in [5, 5.41) is 5.60. The van der Waals surface area contributed by atoms with Gasteiger partial charge < -0.3 is 15.4 Å². The number of benzene rings is 2. The van der Waals surface area contributed by atoms with Gasteiger partial charge in [-0.2, -0.15) is 8.78 Å². The quantitative estimate of drug-likeness (QED) is 0.770. The number of rotatable bonds is 7. The maximum atomic E-state index is 12.2. The highest BCUT2D eigenvalue weighted by atomic mass is 19.3. The fraction of sp³-hybridized carbons (Fsp3) is 0.300. The summed E-state index contributed by atoms with van der Waals surface area (Å²) in [6, 6.07) is 11.0. The van der Waals surface area contributed by atoms with Crippen molar-refractivity contribution in [3.63, 3.8) is 0 Å². The molecule has 0 aromatic heterocycles. The number of anilines is 1. The van der Waals surface area contributed by atoms with E-state index in [4.69, 9.17) is 0 Å². The monoisotopic (exact) mass is 376 g/mol. The van der Waals surface area contributed by atoms with Crippen LogP contribution in [-0.4, -0.2) is 24.5 Å². The zero-order valence-corrected chi connectivity index (χ0v) is 15.4. The van der Waals surface area contributed by atoms with E-state index in [-0.39, 0.29) is 30.0 Å². The Morgan fingerprint density at radius 2 is 1.74 bits per heavy atom. The summed E-state index contributed by atoms with van der Waals surface area (Å²) in [7, 11) is 0. The van der Waals surface area contributed by atoms with Crippen LogP contribution in [0, 0.1) is 6.92 Å². The molecule has 0 aliphatic carbocycles. The topological polar surface area (TPSA) is 67.4 Å². The van der Waals surface area contributed by atoms with Crippen molar-refractivity contribution >= 4 is 17.5 Å². The lowest BCUT2D eigenvalue weighted by Gasteiger charge is -2.12. The number of carbonyl (C=O) groups excluding carboxylic acids is 2. The highest BCUT2D eigenvalue weighted by Gasteiger charge is 2.11. The molecule has 0 saturated carbocycles. The van der Waals surface area contributed by atoms with Crippen LogP contribution in [0.25, 0.3) is 0 Å². The molecule has 0 saturated heterocycles. The summed E-state index contributed by atoms with van der Waals surface area (Å²) >= 11 is 0. The molecule has 0 atom stereocenters. The Kier molecular flexibility index (Phi) is 6.87. The number of halogens is 2. The number of alkyl halides is 2. The molecule has 0 aliphatic rings. The maximum absolute atomic E-state index is 12.2. The van der Waals surface area contributed by atoms with Gasteiger partial charge in [-0.1, -0.05) is 12.1 Å².